The van der Waals surface area contributed by atoms with Crippen LogP contribution in [-0.2, 0) is 9.59 Å². The van der Waals surface area contributed by atoms with Crippen molar-refractivity contribution >= 4 is 11.9 Å². The number of carboxylic acid groups (broad SMARTS) is 1. The molecule has 0 radical (unpaired) electrons. The average molecular weight is 243 g/mol. The van der Waals surface area contributed by atoms with Crippen molar-refractivity contribution in [2.45, 2.75) is 64.7 Å². The summed E-state index contributed by atoms with van der Waals surface area (Å²) in [7, 11) is 0. The number of amides is 1. The summed E-state index contributed by atoms with van der Waals surface area (Å²) in [6.45, 7) is 2.84. The van der Waals surface area contributed by atoms with Crippen LogP contribution in [0.1, 0.15) is 64.7 Å². The van der Waals surface area contributed by atoms with Crippen LogP contribution in [0.2, 0.25) is 0 Å². The molecule has 0 aromatic rings. The van der Waals surface area contributed by atoms with Gasteiger partial charge in [-0.05, 0) is 19.3 Å². The van der Waals surface area contributed by atoms with E-state index in [1.54, 1.807) is 0 Å². The van der Waals surface area contributed by atoms with E-state index in [4.69, 9.17) is 5.11 Å². The first kappa shape index (κ1) is 15.9. The van der Waals surface area contributed by atoms with Gasteiger partial charge in [-0.1, -0.05) is 32.6 Å². The van der Waals surface area contributed by atoms with E-state index >= 15 is 0 Å². The Hall–Kier alpha value is -1.06. The van der Waals surface area contributed by atoms with E-state index in [0.29, 0.717) is 6.42 Å². The molecule has 2 N–H and O–H groups in total. The Bertz CT molecular complexity index is 217. The second-order valence-electron chi connectivity index (χ2n) is 4.37. The lowest BCUT2D eigenvalue weighted by atomic mass is 10.1. The lowest BCUT2D eigenvalue weighted by molar-refractivity contribution is -0.137. The summed E-state index contributed by atoms with van der Waals surface area (Å²) in [5, 5.41) is 11.3. The summed E-state index contributed by atoms with van der Waals surface area (Å²) < 4.78 is 0. The molecule has 0 fully saturated rings. The highest BCUT2D eigenvalue weighted by molar-refractivity contribution is 5.75. The molecular formula is C13H25NO3. The average Bonchev–Trinajstić information content (AvgIpc) is 2.28. The number of hydrogen-bond acceptors (Lipinski definition) is 2. The van der Waals surface area contributed by atoms with E-state index in [1.807, 2.05) is 0 Å². The van der Waals surface area contributed by atoms with Gasteiger partial charge in [0.15, 0.2) is 0 Å². The van der Waals surface area contributed by atoms with Gasteiger partial charge in [0.25, 0.3) is 0 Å². The SMILES string of the molecule is CCCCCC(=O)NCCCCCCC(=O)O. The van der Waals surface area contributed by atoms with Gasteiger partial charge in [0.2, 0.25) is 5.91 Å². The van der Waals surface area contributed by atoms with E-state index < -0.39 is 5.97 Å². The highest BCUT2D eigenvalue weighted by Crippen LogP contribution is 2.02. The second-order valence-corrected chi connectivity index (χ2v) is 4.37. The normalized spacial score (nSPS) is 10.2. The predicted molar refractivity (Wildman–Crippen MR) is 67.9 cm³/mol. The minimum absolute atomic E-state index is 0.143. The Balaban J connectivity index is 3.16. The molecule has 0 aromatic carbocycles. The highest BCUT2D eigenvalue weighted by atomic mass is 16.4. The van der Waals surface area contributed by atoms with Crippen molar-refractivity contribution < 1.29 is 14.7 Å². The topological polar surface area (TPSA) is 66.4 Å². The summed E-state index contributed by atoms with van der Waals surface area (Å²) in [6, 6.07) is 0. The molecule has 0 unspecified atom stereocenters. The van der Waals surface area contributed by atoms with E-state index in [9.17, 15) is 9.59 Å². The largest absolute Gasteiger partial charge is 0.481 e. The van der Waals surface area contributed by atoms with Crippen LogP contribution in [0, 0.1) is 0 Å². The first-order chi connectivity index (χ1) is 8.16. The molecule has 0 heterocycles. The molecule has 0 aliphatic carbocycles. The highest BCUT2D eigenvalue weighted by Gasteiger charge is 2.00. The van der Waals surface area contributed by atoms with Gasteiger partial charge in [-0.25, -0.2) is 0 Å². The number of carbonyl (C=O) groups excluding carboxylic acids is 1. The Morgan fingerprint density at radius 2 is 1.59 bits per heavy atom. The molecular weight excluding hydrogens is 218 g/mol. The fourth-order valence-corrected chi connectivity index (χ4v) is 1.61. The van der Waals surface area contributed by atoms with Crippen LogP contribution in [0.3, 0.4) is 0 Å². The van der Waals surface area contributed by atoms with Crippen molar-refractivity contribution in [2.24, 2.45) is 0 Å². The van der Waals surface area contributed by atoms with Crippen LogP contribution in [0.15, 0.2) is 0 Å². The maximum absolute atomic E-state index is 11.3. The van der Waals surface area contributed by atoms with E-state index in [1.165, 1.54) is 0 Å². The molecule has 0 aliphatic heterocycles. The quantitative estimate of drug-likeness (QED) is 0.548. The molecule has 0 saturated carbocycles. The smallest absolute Gasteiger partial charge is 0.303 e. The number of unbranched alkanes of at least 4 members (excludes halogenated alkanes) is 5. The van der Waals surface area contributed by atoms with Crippen LogP contribution in [0.5, 0.6) is 0 Å². The summed E-state index contributed by atoms with van der Waals surface area (Å²) in [4.78, 5) is 21.6. The number of carboxylic acids is 1. The maximum atomic E-state index is 11.3. The zero-order valence-corrected chi connectivity index (χ0v) is 10.8. The fraction of sp³-hybridized carbons (Fsp3) is 0.846. The molecule has 4 heteroatoms. The zero-order chi connectivity index (χ0) is 12.9. The van der Waals surface area contributed by atoms with Crippen LogP contribution in [0.25, 0.3) is 0 Å². The fourth-order valence-electron chi connectivity index (χ4n) is 1.61. The van der Waals surface area contributed by atoms with E-state index in [-0.39, 0.29) is 12.3 Å². The van der Waals surface area contributed by atoms with Crippen LogP contribution < -0.4 is 5.32 Å². The minimum Gasteiger partial charge on any atom is -0.481 e. The van der Waals surface area contributed by atoms with Gasteiger partial charge in [0.1, 0.15) is 0 Å². The van der Waals surface area contributed by atoms with Crippen LogP contribution in [0.4, 0.5) is 0 Å². The van der Waals surface area contributed by atoms with Crippen molar-refractivity contribution in [1.29, 1.82) is 0 Å². The first-order valence-electron chi connectivity index (χ1n) is 6.65. The van der Waals surface area contributed by atoms with Gasteiger partial charge in [0, 0.05) is 19.4 Å². The van der Waals surface area contributed by atoms with Crippen molar-refractivity contribution in [3.05, 3.63) is 0 Å². The van der Waals surface area contributed by atoms with Gasteiger partial charge in [-0.3, -0.25) is 9.59 Å². The number of carbonyl (C=O) groups is 2. The maximum Gasteiger partial charge on any atom is 0.303 e. The van der Waals surface area contributed by atoms with Gasteiger partial charge in [-0.15, -0.1) is 0 Å². The zero-order valence-electron chi connectivity index (χ0n) is 10.8. The molecule has 0 spiro atoms. The predicted octanol–water partition coefficient (Wildman–Crippen LogP) is 2.72. The molecule has 0 atom stereocenters. The third kappa shape index (κ3) is 12.9. The standard InChI is InChI=1S/C13H25NO3/c1-2-3-6-9-12(15)14-11-8-5-4-7-10-13(16)17/h2-11H2,1H3,(H,14,15)(H,16,17). The van der Waals surface area contributed by atoms with Gasteiger partial charge >= 0.3 is 5.97 Å². The van der Waals surface area contributed by atoms with Crippen molar-refractivity contribution in [2.75, 3.05) is 6.54 Å². The minimum atomic E-state index is -0.728. The van der Waals surface area contributed by atoms with E-state index in [0.717, 1.165) is 51.5 Å². The third-order valence-electron chi connectivity index (χ3n) is 2.65. The number of hydrogen-bond donors (Lipinski definition) is 2. The summed E-state index contributed by atoms with van der Waals surface area (Å²) in [5.41, 5.74) is 0. The molecule has 17 heavy (non-hydrogen) atoms. The molecule has 0 aromatic heterocycles. The summed E-state index contributed by atoms with van der Waals surface area (Å²) >= 11 is 0. The molecule has 4 nitrogen and oxygen atoms in total. The molecule has 0 rings (SSSR count). The summed E-state index contributed by atoms with van der Waals surface area (Å²) in [5.74, 6) is -0.585. The van der Waals surface area contributed by atoms with Crippen molar-refractivity contribution in [3.8, 4) is 0 Å². The van der Waals surface area contributed by atoms with Gasteiger partial charge in [-0.2, -0.15) is 0 Å². The number of aliphatic carboxylic acids is 1. The lowest BCUT2D eigenvalue weighted by Crippen LogP contribution is -2.23. The van der Waals surface area contributed by atoms with Crippen molar-refractivity contribution in [3.63, 3.8) is 0 Å². The molecule has 100 valence electrons. The monoisotopic (exact) mass is 243 g/mol. The number of rotatable bonds is 11. The molecule has 0 saturated heterocycles. The van der Waals surface area contributed by atoms with Gasteiger partial charge < -0.3 is 10.4 Å². The Labute approximate surface area is 104 Å². The Kier molecular flexibility index (Phi) is 10.7. The summed E-state index contributed by atoms with van der Waals surface area (Å²) in [6.07, 6.45) is 7.70. The Morgan fingerprint density at radius 3 is 2.24 bits per heavy atom. The number of nitrogens with one attached hydrogen (secondary N) is 1. The third-order valence-corrected chi connectivity index (χ3v) is 2.65. The van der Waals surface area contributed by atoms with Crippen LogP contribution >= 0.6 is 0 Å². The van der Waals surface area contributed by atoms with Gasteiger partial charge in [0.05, 0.1) is 0 Å². The second kappa shape index (κ2) is 11.4. The molecule has 1 amide bonds. The van der Waals surface area contributed by atoms with Crippen LogP contribution in [-0.4, -0.2) is 23.5 Å². The van der Waals surface area contributed by atoms with Crippen molar-refractivity contribution in [1.82, 2.24) is 5.32 Å². The molecule has 0 aliphatic rings. The Morgan fingerprint density at radius 1 is 0.941 bits per heavy atom. The lowest BCUT2D eigenvalue weighted by Gasteiger charge is -2.04. The first-order valence-corrected chi connectivity index (χ1v) is 6.65. The van der Waals surface area contributed by atoms with E-state index in [2.05, 4.69) is 12.2 Å². The molecule has 0 bridgehead atoms.